The summed E-state index contributed by atoms with van der Waals surface area (Å²) in [7, 11) is 0. The van der Waals surface area contributed by atoms with Gasteiger partial charge in [-0.15, -0.1) is 11.3 Å². The highest BCUT2D eigenvalue weighted by molar-refractivity contribution is 7.09. The van der Waals surface area contributed by atoms with Crippen LogP contribution in [0.4, 0.5) is 0 Å². The first-order valence-electron chi connectivity index (χ1n) is 19.7. The molecule has 0 radical (unpaired) electrons. The Kier molecular flexibility index (Phi) is 15.1. The summed E-state index contributed by atoms with van der Waals surface area (Å²) in [5.74, 6) is -3.16. The summed E-state index contributed by atoms with van der Waals surface area (Å²) in [4.78, 5) is 70.9. The first-order chi connectivity index (χ1) is 28.2. The number of ketones is 2. The van der Waals surface area contributed by atoms with Crippen molar-refractivity contribution in [2.24, 2.45) is 11.8 Å². The van der Waals surface area contributed by atoms with Gasteiger partial charge < -0.3 is 25.8 Å². The number of fused-ring (bicyclic) bond motifs is 16. The number of aliphatic hydroxyl groups is 1. The van der Waals surface area contributed by atoms with Crippen molar-refractivity contribution in [3.05, 3.63) is 148 Å². The topological polar surface area (TPSA) is 151 Å². The molecule has 3 heterocycles. The van der Waals surface area contributed by atoms with Crippen LogP contribution in [0.1, 0.15) is 40.8 Å². The molecule has 0 aliphatic carbocycles. The zero-order chi connectivity index (χ0) is 40.7. The highest BCUT2D eigenvalue weighted by atomic mass is 32.1. The Bertz CT molecular complexity index is 2110. The molecule has 10 nitrogen and oxygen atoms in total. The highest BCUT2D eigenvalue weighted by Gasteiger charge is 2.32. The Morgan fingerprint density at radius 1 is 0.707 bits per heavy atom. The van der Waals surface area contributed by atoms with Crippen molar-refractivity contribution >= 4 is 40.6 Å². The van der Waals surface area contributed by atoms with Gasteiger partial charge in [-0.2, -0.15) is 0 Å². The molecule has 0 saturated heterocycles. The number of hydrogen-bond donors (Lipinski definition) is 4. The minimum absolute atomic E-state index is 0.0275. The van der Waals surface area contributed by atoms with E-state index >= 15 is 0 Å². The van der Waals surface area contributed by atoms with E-state index in [0.29, 0.717) is 18.6 Å². The van der Waals surface area contributed by atoms with Crippen LogP contribution in [0.2, 0.25) is 0 Å². The van der Waals surface area contributed by atoms with Crippen molar-refractivity contribution in [2.75, 3.05) is 19.8 Å². The van der Waals surface area contributed by atoms with Crippen LogP contribution in [-0.2, 0) is 49.7 Å². The molecule has 4 aromatic carbocycles. The molecule has 1 aromatic heterocycles. The normalized spacial score (nSPS) is 19.5. The van der Waals surface area contributed by atoms with E-state index in [1.54, 1.807) is 24.3 Å². The molecule has 58 heavy (non-hydrogen) atoms. The zero-order valence-electron chi connectivity index (χ0n) is 32.3. The summed E-state index contributed by atoms with van der Waals surface area (Å²) in [6.45, 7) is -0.488. The molecule has 4 atom stereocenters. The number of amides is 3. The first kappa shape index (κ1) is 41.7. The van der Waals surface area contributed by atoms with Crippen molar-refractivity contribution in [3.8, 4) is 16.9 Å². The molecule has 5 aromatic rings. The molecule has 2 aliphatic rings. The maximum atomic E-state index is 14.5. The van der Waals surface area contributed by atoms with Gasteiger partial charge in [0.25, 0.3) is 0 Å². The number of ether oxygens (including phenoxy) is 1. The lowest BCUT2D eigenvalue weighted by atomic mass is 9.89. The fourth-order valence-electron chi connectivity index (χ4n) is 7.14. The summed E-state index contributed by atoms with van der Waals surface area (Å²) in [6.07, 6.45) is 1.08. The summed E-state index contributed by atoms with van der Waals surface area (Å²) in [6, 6.07) is 36.0. The predicted molar refractivity (Wildman–Crippen MR) is 224 cm³/mol. The van der Waals surface area contributed by atoms with Gasteiger partial charge in [0, 0.05) is 42.5 Å². The van der Waals surface area contributed by atoms with Gasteiger partial charge in [0.1, 0.15) is 18.4 Å². The SMILES string of the molecule is O=C1COc2ccc(cc2)C[C@@H](C(=O)NCCO)CC(=O)[C@@H](CCc2ccccc2)NC(=O)[C@H](Cc2ccc(-c3ccccc3)cc2)NC(=O)[C@@H](Cc2cccs2)C1. The van der Waals surface area contributed by atoms with E-state index in [0.717, 1.165) is 32.7 Å². The van der Waals surface area contributed by atoms with E-state index in [4.69, 9.17) is 4.74 Å². The fourth-order valence-corrected chi connectivity index (χ4v) is 7.93. The van der Waals surface area contributed by atoms with Crippen molar-refractivity contribution in [2.45, 2.75) is 57.0 Å². The Morgan fingerprint density at radius 2 is 1.40 bits per heavy atom. The van der Waals surface area contributed by atoms with Gasteiger partial charge in [-0.1, -0.05) is 103 Å². The number of hydrogen-bond acceptors (Lipinski definition) is 8. The lowest BCUT2D eigenvalue weighted by Crippen LogP contribution is -2.54. The number of carbonyl (C=O) groups is 5. The van der Waals surface area contributed by atoms with Crippen LogP contribution >= 0.6 is 11.3 Å². The molecule has 300 valence electrons. The van der Waals surface area contributed by atoms with Gasteiger partial charge in [-0.3, -0.25) is 24.0 Å². The monoisotopic (exact) mass is 799 g/mol. The average Bonchev–Trinajstić information content (AvgIpc) is 3.77. The third kappa shape index (κ3) is 12.3. The Hall–Kier alpha value is -5.91. The highest BCUT2D eigenvalue weighted by Crippen LogP contribution is 2.23. The molecule has 2 aliphatic heterocycles. The lowest BCUT2D eigenvalue weighted by molar-refractivity contribution is -0.135. The van der Waals surface area contributed by atoms with E-state index < -0.39 is 41.6 Å². The van der Waals surface area contributed by atoms with E-state index in [1.807, 2.05) is 102 Å². The Morgan fingerprint density at radius 3 is 2.09 bits per heavy atom. The maximum Gasteiger partial charge on any atom is 0.243 e. The molecule has 0 saturated carbocycles. The Balaban J connectivity index is 1.34. The van der Waals surface area contributed by atoms with Crippen LogP contribution in [0.15, 0.2) is 127 Å². The van der Waals surface area contributed by atoms with Gasteiger partial charge in [0.05, 0.1) is 12.6 Å². The van der Waals surface area contributed by atoms with Gasteiger partial charge in [0.15, 0.2) is 11.6 Å². The van der Waals surface area contributed by atoms with Crippen LogP contribution in [0.25, 0.3) is 11.1 Å². The summed E-state index contributed by atoms with van der Waals surface area (Å²) in [5, 5.41) is 20.0. The number of nitrogens with one attached hydrogen (secondary N) is 3. The summed E-state index contributed by atoms with van der Waals surface area (Å²) >= 11 is 1.48. The van der Waals surface area contributed by atoms with E-state index in [2.05, 4.69) is 16.0 Å². The molecule has 0 fully saturated rings. The molecule has 2 bridgehead atoms. The maximum absolute atomic E-state index is 14.5. The van der Waals surface area contributed by atoms with Crippen LogP contribution in [0.5, 0.6) is 5.75 Å². The second kappa shape index (κ2) is 21.0. The van der Waals surface area contributed by atoms with Crippen molar-refractivity contribution in [1.29, 1.82) is 0 Å². The third-order valence-corrected chi connectivity index (χ3v) is 11.2. The number of aliphatic hydroxyl groups excluding tert-OH is 1. The average molecular weight is 800 g/mol. The van der Waals surface area contributed by atoms with E-state index in [9.17, 15) is 29.1 Å². The molecule has 4 N–H and O–H groups in total. The number of aryl methyl sites for hydroxylation is 1. The lowest BCUT2D eigenvalue weighted by Gasteiger charge is -2.26. The van der Waals surface area contributed by atoms with Crippen molar-refractivity contribution < 1.29 is 33.8 Å². The van der Waals surface area contributed by atoms with Gasteiger partial charge >= 0.3 is 0 Å². The van der Waals surface area contributed by atoms with E-state index in [-0.39, 0.29) is 63.4 Å². The molecule has 3 amide bonds. The van der Waals surface area contributed by atoms with Crippen molar-refractivity contribution in [1.82, 2.24) is 16.0 Å². The molecule has 11 heteroatoms. The fraction of sp³-hybridized carbons (Fsp3) is 0.298. The number of Topliss-reactive ketones (excluding diaryl/α,β-unsaturated/α-hetero) is 2. The standard InChI is InChI=1S/C47H49N3O7S/c51-24-23-48-45(54)37-26-33-15-20-40(21-16-33)57-31-39(52)28-38(29-41-12-7-25-58-41)46(55)50-43(27-34-13-18-36(19-14-34)35-10-5-2-6-11-35)47(56)49-42(44(53)30-37)22-17-32-8-3-1-4-9-32/h1-16,18-21,25,37-38,42-43,51H,17,22-24,26-31H2,(H,48,54)(H,49,56)(H,50,55)/t37-,38-,42-,43+/m1/s1. The number of carbonyl (C=O) groups excluding carboxylic acids is 5. The zero-order valence-corrected chi connectivity index (χ0v) is 33.1. The number of thiophene rings is 1. The molecule has 0 spiro atoms. The van der Waals surface area contributed by atoms with Gasteiger partial charge in [-0.25, -0.2) is 0 Å². The van der Waals surface area contributed by atoms with Crippen LogP contribution in [0.3, 0.4) is 0 Å². The van der Waals surface area contributed by atoms with Gasteiger partial charge in [-0.05, 0) is 77.1 Å². The molecule has 7 rings (SSSR count). The first-order valence-corrected chi connectivity index (χ1v) is 20.6. The minimum Gasteiger partial charge on any atom is -0.486 e. The predicted octanol–water partition coefficient (Wildman–Crippen LogP) is 5.70. The smallest absolute Gasteiger partial charge is 0.243 e. The quantitative estimate of drug-likeness (QED) is 0.134. The molecule has 0 unspecified atom stereocenters. The summed E-state index contributed by atoms with van der Waals surface area (Å²) in [5.41, 5.74) is 4.56. The Labute approximate surface area is 343 Å². The largest absolute Gasteiger partial charge is 0.486 e. The van der Waals surface area contributed by atoms with Crippen LogP contribution in [0, 0.1) is 11.8 Å². The molecular formula is C47H49N3O7S. The second-order valence-corrected chi connectivity index (χ2v) is 15.7. The van der Waals surface area contributed by atoms with Crippen LogP contribution in [-0.4, -0.2) is 66.2 Å². The molecular weight excluding hydrogens is 751 g/mol. The second-order valence-electron chi connectivity index (χ2n) is 14.7. The van der Waals surface area contributed by atoms with Gasteiger partial charge in [0.2, 0.25) is 17.7 Å². The third-order valence-electron chi connectivity index (χ3n) is 10.3. The van der Waals surface area contributed by atoms with Crippen LogP contribution < -0.4 is 20.7 Å². The summed E-state index contributed by atoms with van der Waals surface area (Å²) < 4.78 is 5.83. The number of rotatable bonds is 11. The van der Waals surface area contributed by atoms with E-state index in [1.165, 1.54) is 11.3 Å². The number of benzene rings is 4. The minimum atomic E-state index is -1.10. The van der Waals surface area contributed by atoms with Crippen molar-refractivity contribution in [3.63, 3.8) is 0 Å².